The van der Waals surface area contributed by atoms with Gasteiger partial charge in [0.05, 0.1) is 17.8 Å². The van der Waals surface area contributed by atoms with Crippen molar-refractivity contribution >= 4 is 27.1 Å². The number of thiophene rings is 1. The number of fused-ring (bicyclic) bond motifs is 1. The van der Waals surface area contributed by atoms with Crippen molar-refractivity contribution in [1.82, 2.24) is 24.6 Å². The van der Waals surface area contributed by atoms with Crippen LogP contribution in [0.2, 0.25) is 0 Å². The van der Waals surface area contributed by atoms with E-state index in [1.165, 1.54) is 29.0 Å². The van der Waals surface area contributed by atoms with Crippen molar-refractivity contribution in [3.63, 3.8) is 0 Å². The molecule has 0 bridgehead atoms. The van der Waals surface area contributed by atoms with Crippen LogP contribution in [0.5, 0.6) is 0 Å². The Morgan fingerprint density at radius 3 is 2.77 bits per heavy atom. The third-order valence-corrected chi connectivity index (χ3v) is 6.55. The largest absolute Gasteiger partial charge is 0.308 e. The fourth-order valence-electron chi connectivity index (χ4n) is 3.81. The quantitative estimate of drug-likeness (QED) is 0.544. The van der Waals surface area contributed by atoms with Crippen molar-refractivity contribution in [2.24, 2.45) is 7.05 Å². The molecule has 4 aromatic rings. The van der Waals surface area contributed by atoms with Gasteiger partial charge < -0.3 is 4.98 Å². The van der Waals surface area contributed by atoms with Gasteiger partial charge in [0.25, 0.3) is 5.56 Å². The van der Waals surface area contributed by atoms with Crippen molar-refractivity contribution < 1.29 is 4.39 Å². The molecule has 0 atom stereocenters. The zero-order valence-corrected chi connectivity index (χ0v) is 17.2. The number of H-pyrrole nitrogens is 1. The molecule has 0 amide bonds. The molecule has 8 heteroatoms. The second kappa shape index (κ2) is 7.62. The van der Waals surface area contributed by atoms with E-state index in [1.54, 1.807) is 12.1 Å². The standard InChI is InChI=1S/C22H20FN5OS/c1-27-18(6-9-24-27)14-7-10-28(11-8-14)13-20-25-17-12-19(30-21(17)22(29)26-20)15-2-4-16(23)5-3-15/h2-7,9,12H,8,10-11,13H2,1H3,(H,25,26,29). The topological polar surface area (TPSA) is 66.8 Å². The van der Waals surface area contributed by atoms with Gasteiger partial charge in [0.1, 0.15) is 16.3 Å². The van der Waals surface area contributed by atoms with Crippen LogP contribution in [0.3, 0.4) is 0 Å². The van der Waals surface area contributed by atoms with Crippen molar-refractivity contribution in [2.75, 3.05) is 13.1 Å². The third-order valence-electron chi connectivity index (χ3n) is 5.38. The Hall–Kier alpha value is -3.10. The zero-order chi connectivity index (χ0) is 20.7. The SMILES string of the molecule is Cn1nccc1C1=CCN(Cc2nc3cc(-c4ccc(F)cc4)sc3c(=O)[nH]2)CC1. The molecule has 30 heavy (non-hydrogen) atoms. The number of benzene rings is 1. The summed E-state index contributed by atoms with van der Waals surface area (Å²) in [5.74, 6) is 0.383. The Labute approximate surface area is 176 Å². The maximum Gasteiger partial charge on any atom is 0.268 e. The number of halogens is 1. The fourth-order valence-corrected chi connectivity index (χ4v) is 4.81. The maximum absolute atomic E-state index is 13.2. The minimum absolute atomic E-state index is 0.128. The number of nitrogens with zero attached hydrogens (tertiary/aromatic N) is 4. The first-order valence-corrected chi connectivity index (χ1v) is 10.6. The first-order valence-electron chi connectivity index (χ1n) is 9.75. The number of nitrogens with one attached hydrogen (secondary N) is 1. The predicted molar refractivity (Wildman–Crippen MR) is 117 cm³/mol. The Bertz CT molecular complexity index is 1300. The van der Waals surface area contributed by atoms with E-state index in [0.29, 0.717) is 22.6 Å². The van der Waals surface area contributed by atoms with E-state index in [0.717, 1.165) is 35.6 Å². The summed E-state index contributed by atoms with van der Waals surface area (Å²) < 4.78 is 15.7. The highest BCUT2D eigenvalue weighted by atomic mass is 32.1. The molecule has 5 rings (SSSR count). The molecule has 1 N–H and O–H groups in total. The first-order chi connectivity index (χ1) is 14.6. The monoisotopic (exact) mass is 421 g/mol. The van der Waals surface area contributed by atoms with Crippen LogP contribution in [0.4, 0.5) is 4.39 Å². The highest BCUT2D eigenvalue weighted by molar-refractivity contribution is 7.22. The molecule has 1 aromatic carbocycles. The van der Waals surface area contributed by atoms with E-state index in [-0.39, 0.29) is 11.4 Å². The number of hydrogen-bond acceptors (Lipinski definition) is 5. The smallest absolute Gasteiger partial charge is 0.268 e. The molecule has 0 radical (unpaired) electrons. The average molecular weight is 422 g/mol. The molecule has 6 nitrogen and oxygen atoms in total. The van der Waals surface area contributed by atoms with Gasteiger partial charge in [-0.3, -0.25) is 14.4 Å². The van der Waals surface area contributed by atoms with Crippen LogP contribution in [-0.2, 0) is 13.6 Å². The Morgan fingerprint density at radius 1 is 1.23 bits per heavy atom. The summed E-state index contributed by atoms with van der Waals surface area (Å²) in [5, 5.41) is 4.24. The highest BCUT2D eigenvalue weighted by Gasteiger charge is 2.17. The van der Waals surface area contributed by atoms with Crippen LogP contribution in [-0.4, -0.2) is 37.7 Å². The van der Waals surface area contributed by atoms with E-state index < -0.39 is 0 Å². The normalized spacial score (nSPS) is 14.9. The highest BCUT2D eigenvalue weighted by Crippen LogP contribution is 2.31. The molecule has 3 aromatic heterocycles. The number of hydrogen-bond donors (Lipinski definition) is 1. The first kappa shape index (κ1) is 18.9. The molecule has 0 aliphatic carbocycles. The summed E-state index contributed by atoms with van der Waals surface area (Å²) >= 11 is 1.38. The van der Waals surface area contributed by atoms with Gasteiger partial charge in [-0.25, -0.2) is 9.37 Å². The van der Waals surface area contributed by atoms with E-state index in [9.17, 15) is 9.18 Å². The number of aromatic nitrogens is 4. The fraction of sp³-hybridized carbons (Fsp3) is 0.227. The minimum Gasteiger partial charge on any atom is -0.308 e. The van der Waals surface area contributed by atoms with Crippen molar-refractivity contribution in [2.45, 2.75) is 13.0 Å². The van der Waals surface area contributed by atoms with Crippen LogP contribution in [0.1, 0.15) is 17.9 Å². The lowest BCUT2D eigenvalue weighted by molar-refractivity contribution is 0.286. The molecule has 152 valence electrons. The average Bonchev–Trinajstić information content (AvgIpc) is 3.36. The van der Waals surface area contributed by atoms with Gasteiger partial charge >= 0.3 is 0 Å². The second-order valence-electron chi connectivity index (χ2n) is 7.40. The lowest BCUT2D eigenvalue weighted by Crippen LogP contribution is -2.30. The zero-order valence-electron chi connectivity index (χ0n) is 16.4. The minimum atomic E-state index is -0.278. The Balaban J connectivity index is 1.36. The van der Waals surface area contributed by atoms with Gasteiger partial charge in [-0.05, 0) is 41.8 Å². The van der Waals surface area contributed by atoms with Gasteiger partial charge in [-0.1, -0.05) is 18.2 Å². The number of aryl methyl sites for hydroxylation is 1. The van der Waals surface area contributed by atoms with Gasteiger partial charge in [0.2, 0.25) is 0 Å². The van der Waals surface area contributed by atoms with Crippen molar-refractivity contribution in [3.8, 4) is 10.4 Å². The van der Waals surface area contributed by atoms with E-state index in [1.807, 2.05) is 30.1 Å². The molecule has 1 aliphatic heterocycles. The molecular weight excluding hydrogens is 401 g/mol. The van der Waals surface area contributed by atoms with Gasteiger partial charge in [0, 0.05) is 31.2 Å². The van der Waals surface area contributed by atoms with Crippen molar-refractivity contribution in [3.05, 3.63) is 76.4 Å². The lowest BCUT2D eigenvalue weighted by atomic mass is 10.0. The van der Waals surface area contributed by atoms with E-state index in [4.69, 9.17) is 0 Å². The predicted octanol–water partition coefficient (Wildman–Crippen LogP) is 3.81. The molecule has 4 heterocycles. The molecule has 0 fully saturated rings. The molecular formula is C22H20FN5OS. The molecule has 0 saturated carbocycles. The number of rotatable bonds is 4. The van der Waals surface area contributed by atoms with Crippen LogP contribution in [0.25, 0.3) is 26.2 Å². The van der Waals surface area contributed by atoms with E-state index in [2.05, 4.69) is 26.0 Å². The van der Waals surface area contributed by atoms with Gasteiger partial charge in [-0.2, -0.15) is 5.10 Å². The summed E-state index contributed by atoms with van der Waals surface area (Å²) in [6, 6.07) is 10.2. The lowest BCUT2D eigenvalue weighted by Gasteiger charge is -2.25. The molecule has 0 saturated heterocycles. The third kappa shape index (κ3) is 3.59. The van der Waals surface area contributed by atoms with Gasteiger partial charge in [-0.15, -0.1) is 11.3 Å². The van der Waals surface area contributed by atoms with Crippen LogP contribution in [0, 0.1) is 5.82 Å². The molecule has 0 spiro atoms. The maximum atomic E-state index is 13.2. The summed E-state index contributed by atoms with van der Waals surface area (Å²) in [4.78, 5) is 23.4. The van der Waals surface area contributed by atoms with Crippen LogP contribution < -0.4 is 5.56 Å². The summed E-state index contributed by atoms with van der Waals surface area (Å²) in [6.07, 6.45) is 4.96. The molecule has 0 unspecified atom stereocenters. The Morgan fingerprint density at radius 2 is 2.07 bits per heavy atom. The van der Waals surface area contributed by atoms with Crippen LogP contribution >= 0.6 is 11.3 Å². The van der Waals surface area contributed by atoms with E-state index >= 15 is 0 Å². The van der Waals surface area contributed by atoms with Crippen LogP contribution in [0.15, 0.2) is 53.5 Å². The number of aromatic amines is 1. The summed E-state index contributed by atoms with van der Waals surface area (Å²) in [6.45, 7) is 2.28. The molecule has 1 aliphatic rings. The summed E-state index contributed by atoms with van der Waals surface area (Å²) in [5.41, 5.74) is 3.88. The summed E-state index contributed by atoms with van der Waals surface area (Å²) in [7, 11) is 1.95. The Kier molecular flexibility index (Phi) is 4.80. The second-order valence-corrected chi connectivity index (χ2v) is 8.45. The van der Waals surface area contributed by atoms with Gasteiger partial charge in [0.15, 0.2) is 0 Å². The van der Waals surface area contributed by atoms with Crippen molar-refractivity contribution in [1.29, 1.82) is 0 Å².